The van der Waals surface area contributed by atoms with Crippen LogP contribution in [0.3, 0.4) is 0 Å². The molecule has 0 aliphatic carbocycles. The zero-order valence-electron chi connectivity index (χ0n) is 37.5. The van der Waals surface area contributed by atoms with Crippen LogP contribution in [-0.2, 0) is 56.0 Å². The highest BCUT2D eigenvalue weighted by atomic mass is 19.4. The second kappa shape index (κ2) is 20.1. The zero-order valence-corrected chi connectivity index (χ0v) is 37.5. The van der Waals surface area contributed by atoms with E-state index in [1.165, 1.54) is 16.3 Å². The molecule has 6 aromatic carbocycles. The van der Waals surface area contributed by atoms with Gasteiger partial charge >= 0.3 is 49.4 Å². The molecule has 76 heavy (non-hydrogen) atoms. The molecule has 0 spiro atoms. The molecule has 0 amide bonds. The Morgan fingerprint density at radius 2 is 0.605 bits per heavy atom. The van der Waals surface area contributed by atoms with Crippen molar-refractivity contribution in [3.05, 3.63) is 190 Å². The minimum absolute atomic E-state index is 0.691. The van der Waals surface area contributed by atoms with Crippen LogP contribution in [-0.4, -0.2) is 13.3 Å². The molecule has 0 fully saturated rings. The van der Waals surface area contributed by atoms with Gasteiger partial charge in [0.2, 0.25) is 0 Å². The number of methoxy groups -OCH3 is 1. The normalized spacial score (nSPS) is 13.4. The molecular weight excluding hydrogens is 1090 g/mol. The third-order valence-electron chi connectivity index (χ3n) is 11.7. The maximum absolute atomic E-state index is 14.2. The number of fused-ring (bicyclic) bond motifs is 1. The summed E-state index contributed by atoms with van der Waals surface area (Å²) in [4.78, 5) is 0. The fourth-order valence-electron chi connectivity index (χ4n) is 8.29. The highest BCUT2D eigenvalue weighted by Crippen LogP contribution is 2.41. The Balaban J connectivity index is 0.000000408. The highest BCUT2D eigenvalue weighted by molar-refractivity contribution is 7.20. The van der Waals surface area contributed by atoms with Crippen molar-refractivity contribution in [1.29, 1.82) is 0 Å². The van der Waals surface area contributed by atoms with E-state index >= 15 is 0 Å². The van der Waals surface area contributed by atoms with Gasteiger partial charge in [0.15, 0.2) is 18.9 Å². The van der Waals surface area contributed by atoms with Crippen molar-refractivity contribution >= 4 is 38.8 Å². The van der Waals surface area contributed by atoms with Gasteiger partial charge in [0.25, 0.3) is 0 Å². The quantitative estimate of drug-likeness (QED) is 0.0881. The van der Waals surface area contributed by atoms with E-state index in [1.54, 1.807) is 7.11 Å². The summed E-state index contributed by atoms with van der Waals surface area (Å²) >= 11 is 0. The number of nitrogens with zero attached hydrogens (tertiary/aromatic N) is 1. The SMILES string of the molecule is COc1ccc(C[n+]2ccc3ccccc3c2)cc1.FC(F)(F)c1cc([B-](c2cc(C(F)(F)F)cc(C(F)(F)F)c2)(c2cc(C(F)(F)F)cc(C(F)(F)F)c2)c2cc(C(F)(F)F)cc(C(F)(F)F)c2)cc(C(F)(F)F)c1. The lowest BCUT2D eigenvalue weighted by molar-refractivity contribution is -0.687. The first-order valence-corrected chi connectivity index (χ1v) is 21.0. The molecule has 7 aromatic rings. The summed E-state index contributed by atoms with van der Waals surface area (Å²) in [6.45, 7) is 0.870. The van der Waals surface area contributed by atoms with Crippen molar-refractivity contribution in [3.63, 3.8) is 0 Å². The van der Waals surface area contributed by atoms with Crippen LogP contribution in [0, 0.1) is 0 Å². The molecular formula is C49H28BF24NO. The van der Waals surface area contributed by atoms with Crippen molar-refractivity contribution in [2.45, 2.75) is 56.0 Å². The Bertz CT molecular complexity index is 2780. The molecule has 7 rings (SSSR count). The van der Waals surface area contributed by atoms with Gasteiger partial charge in [-0.25, -0.2) is 4.57 Å². The second-order valence-electron chi connectivity index (χ2n) is 16.8. The van der Waals surface area contributed by atoms with Crippen LogP contribution in [0.4, 0.5) is 105 Å². The Morgan fingerprint density at radius 1 is 0.342 bits per heavy atom. The lowest BCUT2D eigenvalue weighted by atomic mass is 9.12. The molecule has 0 radical (unpaired) electrons. The van der Waals surface area contributed by atoms with E-state index in [0.29, 0.717) is 0 Å². The average Bonchev–Trinajstić information content (AvgIpc) is 3.29. The minimum Gasteiger partial charge on any atom is -0.497 e. The lowest BCUT2D eigenvalue weighted by Crippen LogP contribution is -2.75. The molecule has 27 heteroatoms. The smallest absolute Gasteiger partial charge is 0.416 e. The molecule has 0 aliphatic rings. The first kappa shape index (κ1) is 58.2. The number of halogens is 24. The monoisotopic (exact) mass is 1110 g/mol. The first-order chi connectivity index (χ1) is 34.6. The average molecular weight is 1110 g/mol. The fraction of sp³-hybridized carbons (Fsp3) is 0.204. The standard InChI is InChI=1S/C32H12BF24.C17H16NO/c34-25(35,36)13-1-14(26(37,38)39)6-21(5-13)33(22-7-15(27(40,41)42)2-16(8-22)28(43,44)45,23-9-17(29(46,47)48)3-18(10-23)30(49,50)51)24-11-19(31(52,53)54)4-20(12-24)32(55,56)57;1-19-17-8-6-14(7-9-17)12-18-11-10-15-4-2-3-5-16(15)13-18/h1-12H;2-11,13H,12H2,1H3/q-1;+1. The molecule has 1 aromatic heterocycles. The van der Waals surface area contributed by atoms with Crippen LogP contribution in [0.5, 0.6) is 5.75 Å². The highest BCUT2D eigenvalue weighted by Gasteiger charge is 2.47. The fourth-order valence-corrected chi connectivity index (χ4v) is 8.29. The van der Waals surface area contributed by atoms with Crippen molar-refractivity contribution in [2.75, 3.05) is 7.11 Å². The Kier molecular flexibility index (Phi) is 15.4. The van der Waals surface area contributed by atoms with Crippen LogP contribution in [0.15, 0.2) is 140 Å². The van der Waals surface area contributed by atoms with Crippen molar-refractivity contribution in [1.82, 2.24) is 0 Å². The number of alkyl halides is 24. The maximum atomic E-state index is 14.2. The number of hydrogen-bond donors (Lipinski definition) is 0. The summed E-state index contributed by atoms with van der Waals surface area (Å²) in [6, 6.07) is 9.94. The first-order valence-electron chi connectivity index (χ1n) is 21.0. The van der Waals surface area contributed by atoms with Crippen molar-refractivity contribution in [2.24, 2.45) is 0 Å². The molecule has 0 saturated heterocycles. The molecule has 1 heterocycles. The molecule has 0 unspecified atom stereocenters. The van der Waals surface area contributed by atoms with Gasteiger partial charge in [-0.3, -0.25) is 0 Å². The second-order valence-corrected chi connectivity index (χ2v) is 16.8. The van der Waals surface area contributed by atoms with E-state index in [1.807, 2.05) is 12.1 Å². The molecule has 0 atom stereocenters. The summed E-state index contributed by atoms with van der Waals surface area (Å²) in [5, 5.41) is 2.53. The Hall–Kier alpha value is -7.09. The Morgan fingerprint density at radius 3 is 0.855 bits per heavy atom. The molecule has 0 saturated carbocycles. The Labute approximate surface area is 411 Å². The topological polar surface area (TPSA) is 13.1 Å². The minimum atomic E-state index is -6.13. The van der Waals surface area contributed by atoms with E-state index in [9.17, 15) is 105 Å². The van der Waals surface area contributed by atoms with Crippen LogP contribution in [0.2, 0.25) is 0 Å². The molecule has 406 valence electrons. The number of pyridine rings is 1. The van der Waals surface area contributed by atoms with E-state index < -0.39 is 195 Å². The summed E-state index contributed by atoms with van der Waals surface area (Å²) in [6.07, 6.45) is -50.5. The van der Waals surface area contributed by atoms with E-state index in [2.05, 4.69) is 59.4 Å². The molecule has 0 bridgehead atoms. The summed E-state index contributed by atoms with van der Waals surface area (Å²) in [5.41, 5.74) is -28.9. The third-order valence-corrected chi connectivity index (χ3v) is 11.7. The van der Waals surface area contributed by atoms with Crippen LogP contribution in [0.25, 0.3) is 10.8 Å². The summed E-state index contributed by atoms with van der Waals surface area (Å²) in [5.74, 6) is 0.896. The maximum Gasteiger partial charge on any atom is 0.416 e. The van der Waals surface area contributed by atoms with Gasteiger partial charge < -0.3 is 4.74 Å². The van der Waals surface area contributed by atoms with Crippen molar-refractivity contribution in [3.8, 4) is 5.75 Å². The van der Waals surface area contributed by atoms with Gasteiger partial charge in [-0.1, -0.05) is 66.7 Å². The van der Waals surface area contributed by atoms with Gasteiger partial charge in [0.05, 0.1) is 51.6 Å². The third kappa shape index (κ3) is 13.1. The van der Waals surface area contributed by atoms with Gasteiger partial charge in [-0.05, 0) is 60.0 Å². The number of hydrogen-bond acceptors (Lipinski definition) is 1. The van der Waals surface area contributed by atoms with E-state index in [-0.39, 0.29) is 0 Å². The van der Waals surface area contributed by atoms with Gasteiger partial charge in [0.1, 0.15) is 11.9 Å². The molecule has 0 N–H and O–H groups in total. The predicted molar refractivity (Wildman–Crippen MR) is 226 cm³/mol. The van der Waals surface area contributed by atoms with Gasteiger partial charge in [0, 0.05) is 17.0 Å². The summed E-state index contributed by atoms with van der Waals surface area (Å²) in [7, 11) is 1.69. The van der Waals surface area contributed by atoms with Gasteiger partial charge in [-0.15, -0.1) is 0 Å². The number of benzene rings is 6. The molecule has 2 nitrogen and oxygen atoms in total. The lowest BCUT2D eigenvalue weighted by Gasteiger charge is -2.46. The zero-order chi connectivity index (χ0) is 57.0. The molecule has 0 aliphatic heterocycles. The van der Waals surface area contributed by atoms with Crippen LogP contribution in [0.1, 0.15) is 50.1 Å². The van der Waals surface area contributed by atoms with Crippen LogP contribution >= 0.6 is 0 Å². The van der Waals surface area contributed by atoms with Gasteiger partial charge in [-0.2, -0.15) is 127 Å². The largest absolute Gasteiger partial charge is 0.497 e. The number of aromatic nitrogens is 1. The predicted octanol–water partition coefficient (Wildman–Crippen LogP) is 14.4. The van der Waals surface area contributed by atoms with E-state index in [0.717, 1.165) is 12.3 Å². The summed E-state index contributed by atoms with van der Waals surface area (Å²) < 4.78 is 348. The van der Waals surface area contributed by atoms with Crippen LogP contribution < -0.4 is 31.2 Å². The number of rotatable bonds is 7. The number of ether oxygens (including phenoxy) is 1. The van der Waals surface area contributed by atoms with E-state index in [4.69, 9.17) is 4.74 Å². The van der Waals surface area contributed by atoms with Crippen molar-refractivity contribution < 1.29 is 115 Å².